The molecule has 2 aromatic carbocycles. The highest BCUT2D eigenvalue weighted by Crippen LogP contribution is 2.25. The Morgan fingerprint density at radius 3 is 2.45 bits per heavy atom. The smallest absolute Gasteiger partial charge is 0.228 e. The standard InChI is InChI=1S/C23H27N5O/c1-2-7-18(8-3-1)27-12-14-28(15-13-27)23-25-21-11-5-4-10-20(21)22(26-23)24-17-19-9-6-16-29-19/h1-5,7-8,10-11,19H,6,9,12-17H2,(H,24,25,26)/t19-/m1/s1. The van der Waals surface area contributed by atoms with Crippen LogP contribution in [0.15, 0.2) is 54.6 Å². The van der Waals surface area contributed by atoms with Crippen molar-refractivity contribution in [3.63, 3.8) is 0 Å². The van der Waals surface area contributed by atoms with Gasteiger partial charge in [0.05, 0.1) is 11.6 Å². The minimum absolute atomic E-state index is 0.279. The minimum Gasteiger partial charge on any atom is -0.376 e. The van der Waals surface area contributed by atoms with Gasteiger partial charge in [0.1, 0.15) is 5.82 Å². The van der Waals surface area contributed by atoms with Crippen LogP contribution in [0.1, 0.15) is 12.8 Å². The summed E-state index contributed by atoms with van der Waals surface area (Å²) in [5, 5.41) is 4.60. The van der Waals surface area contributed by atoms with Gasteiger partial charge in [0.2, 0.25) is 5.95 Å². The second-order valence-electron chi connectivity index (χ2n) is 7.71. The van der Waals surface area contributed by atoms with Gasteiger partial charge >= 0.3 is 0 Å². The summed E-state index contributed by atoms with van der Waals surface area (Å²) in [7, 11) is 0. The summed E-state index contributed by atoms with van der Waals surface area (Å²) in [5.41, 5.74) is 2.27. The number of hydrogen-bond acceptors (Lipinski definition) is 6. The lowest BCUT2D eigenvalue weighted by Gasteiger charge is -2.36. The summed E-state index contributed by atoms with van der Waals surface area (Å²) in [6.07, 6.45) is 2.54. The van der Waals surface area contributed by atoms with Gasteiger partial charge in [0.25, 0.3) is 0 Å². The molecule has 0 amide bonds. The summed E-state index contributed by atoms with van der Waals surface area (Å²) >= 11 is 0. The molecule has 1 aromatic heterocycles. The average molecular weight is 390 g/mol. The number of anilines is 3. The summed E-state index contributed by atoms with van der Waals surface area (Å²) < 4.78 is 5.77. The second-order valence-corrected chi connectivity index (χ2v) is 7.71. The number of nitrogens with zero attached hydrogens (tertiary/aromatic N) is 4. The van der Waals surface area contributed by atoms with Crippen LogP contribution in [0.25, 0.3) is 10.9 Å². The van der Waals surface area contributed by atoms with Crippen LogP contribution in [0.4, 0.5) is 17.5 Å². The number of aromatic nitrogens is 2. The lowest BCUT2D eigenvalue weighted by Crippen LogP contribution is -2.47. The van der Waals surface area contributed by atoms with Crippen LogP contribution < -0.4 is 15.1 Å². The molecule has 2 aliphatic heterocycles. The SMILES string of the molecule is c1ccc(N2CCN(c3nc(NC[C@H]4CCCO4)c4ccccc4n3)CC2)cc1. The van der Waals surface area contributed by atoms with Crippen LogP contribution in [0, 0.1) is 0 Å². The molecule has 0 bridgehead atoms. The van der Waals surface area contributed by atoms with E-state index in [4.69, 9.17) is 14.7 Å². The summed E-state index contributed by atoms with van der Waals surface area (Å²) in [6, 6.07) is 18.8. The van der Waals surface area contributed by atoms with Crippen molar-refractivity contribution >= 4 is 28.4 Å². The van der Waals surface area contributed by atoms with Gasteiger partial charge in [-0.1, -0.05) is 30.3 Å². The number of hydrogen-bond donors (Lipinski definition) is 1. The molecule has 1 N–H and O–H groups in total. The van der Waals surface area contributed by atoms with Crippen molar-refractivity contribution in [3.05, 3.63) is 54.6 Å². The van der Waals surface area contributed by atoms with Gasteiger partial charge in [0.15, 0.2) is 0 Å². The third-order valence-electron chi connectivity index (χ3n) is 5.80. The molecule has 0 aliphatic carbocycles. The molecule has 3 aromatic rings. The Labute approximate surface area is 171 Å². The maximum Gasteiger partial charge on any atom is 0.228 e. The van der Waals surface area contributed by atoms with Crippen LogP contribution >= 0.6 is 0 Å². The van der Waals surface area contributed by atoms with Crippen LogP contribution in [0.2, 0.25) is 0 Å². The molecule has 5 rings (SSSR count). The van der Waals surface area contributed by atoms with Crippen LogP contribution in [0.5, 0.6) is 0 Å². The highest BCUT2D eigenvalue weighted by Gasteiger charge is 2.21. The largest absolute Gasteiger partial charge is 0.376 e. The Morgan fingerprint density at radius 1 is 0.897 bits per heavy atom. The maximum absolute atomic E-state index is 5.77. The molecular weight excluding hydrogens is 362 g/mol. The van der Waals surface area contributed by atoms with Crippen molar-refractivity contribution in [1.29, 1.82) is 0 Å². The molecule has 6 nitrogen and oxygen atoms in total. The number of ether oxygens (including phenoxy) is 1. The molecule has 3 heterocycles. The number of benzene rings is 2. The fourth-order valence-corrected chi connectivity index (χ4v) is 4.16. The van der Waals surface area contributed by atoms with E-state index in [1.165, 1.54) is 5.69 Å². The highest BCUT2D eigenvalue weighted by molar-refractivity contribution is 5.90. The van der Waals surface area contributed by atoms with Crippen molar-refractivity contribution in [2.75, 3.05) is 54.4 Å². The van der Waals surface area contributed by atoms with E-state index in [-0.39, 0.29) is 6.10 Å². The summed E-state index contributed by atoms with van der Waals surface area (Å²) in [5.74, 6) is 1.72. The van der Waals surface area contributed by atoms with Crippen molar-refractivity contribution < 1.29 is 4.74 Å². The predicted molar refractivity (Wildman–Crippen MR) is 118 cm³/mol. The van der Waals surface area contributed by atoms with Crippen LogP contribution in [-0.4, -0.2) is 55.4 Å². The Balaban J connectivity index is 1.34. The van der Waals surface area contributed by atoms with E-state index in [1.54, 1.807) is 0 Å². The molecule has 2 aliphatic rings. The molecule has 0 saturated carbocycles. The Bertz CT molecular complexity index is 950. The predicted octanol–water partition coefficient (Wildman–Crippen LogP) is 3.55. The van der Waals surface area contributed by atoms with E-state index in [2.05, 4.69) is 57.6 Å². The number of piperazine rings is 1. The fraction of sp³-hybridized carbons (Fsp3) is 0.391. The van der Waals surface area contributed by atoms with Gasteiger partial charge in [-0.2, -0.15) is 4.98 Å². The molecule has 150 valence electrons. The first-order chi connectivity index (χ1) is 14.4. The van der Waals surface area contributed by atoms with Gasteiger partial charge in [-0.3, -0.25) is 0 Å². The lowest BCUT2D eigenvalue weighted by molar-refractivity contribution is 0.120. The molecule has 29 heavy (non-hydrogen) atoms. The van der Waals surface area contributed by atoms with Gasteiger partial charge in [0, 0.05) is 50.4 Å². The number of rotatable bonds is 5. The number of nitrogens with one attached hydrogen (secondary N) is 1. The van der Waals surface area contributed by atoms with Crippen molar-refractivity contribution in [3.8, 4) is 0 Å². The molecular formula is C23H27N5O. The topological polar surface area (TPSA) is 53.5 Å². The van der Waals surface area contributed by atoms with Gasteiger partial charge < -0.3 is 19.9 Å². The molecule has 0 spiro atoms. The fourth-order valence-electron chi connectivity index (χ4n) is 4.16. The van der Waals surface area contributed by atoms with E-state index in [0.717, 1.165) is 74.8 Å². The molecule has 0 unspecified atom stereocenters. The van der Waals surface area contributed by atoms with E-state index in [9.17, 15) is 0 Å². The van der Waals surface area contributed by atoms with E-state index in [1.807, 2.05) is 12.1 Å². The Kier molecular flexibility index (Phi) is 5.17. The van der Waals surface area contributed by atoms with Gasteiger partial charge in [-0.25, -0.2) is 4.98 Å². The molecule has 2 fully saturated rings. The van der Waals surface area contributed by atoms with Gasteiger partial charge in [-0.05, 0) is 37.1 Å². The van der Waals surface area contributed by atoms with E-state index >= 15 is 0 Å². The zero-order valence-electron chi connectivity index (χ0n) is 16.6. The first-order valence-corrected chi connectivity index (χ1v) is 10.5. The second kappa shape index (κ2) is 8.25. The zero-order valence-corrected chi connectivity index (χ0v) is 16.6. The zero-order chi connectivity index (χ0) is 19.5. The molecule has 6 heteroatoms. The van der Waals surface area contributed by atoms with E-state index < -0.39 is 0 Å². The van der Waals surface area contributed by atoms with Crippen LogP contribution in [-0.2, 0) is 4.74 Å². The minimum atomic E-state index is 0.279. The average Bonchev–Trinajstić information content (AvgIpc) is 3.32. The Hall–Kier alpha value is -2.86. The third-order valence-corrected chi connectivity index (χ3v) is 5.80. The van der Waals surface area contributed by atoms with E-state index in [0.29, 0.717) is 0 Å². The van der Waals surface area contributed by atoms with Crippen LogP contribution in [0.3, 0.4) is 0 Å². The number of para-hydroxylation sites is 2. The molecule has 0 radical (unpaired) electrons. The Morgan fingerprint density at radius 2 is 1.66 bits per heavy atom. The van der Waals surface area contributed by atoms with Crippen molar-refractivity contribution in [2.45, 2.75) is 18.9 Å². The lowest BCUT2D eigenvalue weighted by atomic mass is 10.2. The first-order valence-electron chi connectivity index (χ1n) is 10.5. The third kappa shape index (κ3) is 3.98. The molecule has 1 atom stereocenters. The monoisotopic (exact) mass is 389 g/mol. The van der Waals surface area contributed by atoms with Crippen molar-refractivity contribution in [1.82, 2.24) is 9.97 Å². The number of fused-ring (bicyclic) bond motifs is 1. The molecule has 2 saturated heterocycles. The maximum atomic E-state index is 5.77. The summed E-state index contributed by atoms with van der Waals surface area (Å²) in [4.78, 5) is 14.5. The quantitative estimate of drug-likeness (QED) is 0.720. The highest BCUT2D eigenvalue weighted by atomic mass is 16.5. The summed E-state index contributed by atoms with van der Waals surface area (Å²) in [6.45, 7) is 5.44. The first kappa shape index (κ1) is 18.2. The normalized spacial score (nSPS) is 19.7. The van der Waals surface area contributed by atoms with Gasteiger partial charge in [-0.15, -0.1) is 0 Å². The van der Waals surface area contributed by atoms with Crippen molar-refractivity contribution in [2.24, 2.45) is 0 Å².